The number of thioether (sulfide) groups is 1. The Morgan fingerprint density at radius 2 is 2.19 bits per heavy atom. The average molecular weight is 317 g/mol. The molecule has 1 aromatic heterocycles. The van der Waals surface area contributed by atoms with Crippen LogP contribution in [-0.2, 0) is 6.42 Å². The van der Waals surface area contributed by atoms with Crippen LogP contribution in [0.4, 0.5) is 0 Å². The largest absolute Gasteiger partial charge is 0.348 e. The Morgan fingerprint density at radius 1 is 1.33 bits per heavy atom. The molecule has 0 saturated carbocycles. The van der Waals surface area contributed by atoms with Crippen molar-refractivity contribution in [3.63, 3.8) is 0 Å². The third-order valence-corrected chi connectivity index (χ3v) is 4.82. The van der Waals surface area contributed by atoms with Crippen LogP contribution in [0.3, 0.4) is 0 Å². The summed E-state index contributed by atoms with van der Waals surface area (Å²) in [5.74, 6) is 0. The number of rotatable bonds is 3. The lowest BCUT2D eigenvalue weighted by atomic mass is 10.1. The summed E-state index contributed by atoms with van der Waals surface area (Å²) in [6.45, 7) is 0.826. The molecule has 1 N–H and O–H groups in total. The van der Waals surface area contributed by atoms with Crippen molar-refractivity contribution in [3.05, 3.63) is 58.5 Å². The van der Waals surface area contributed by atoms with Gasteiger partial charge in [0.15, 0.2) is 5.17 Å². The van der Waals surface area contributed by atoms with Crippen LogP contribution in [0.2, 0.25) is 5.02 Å². The summed E-state index contributed by atoms with van der Waals surface area (Å²) in [5, 5.41) is 4.01. The number of aliphatic imine (C=N–C) groups is 1. The zero-order chi connectivity index (χ0) is 14.2. The third-order valence-electron chi connectivity index (χ3n) is 3.69. The third kappa shape index (κ3) is 2.36. The van der Waals surface area contributed by atoms with E-state index in [1.54, 1.807) is 18.1 Å². The Hall–Kier alpha value is -1.72. The fraction of sp³-hybridized carbons (Fsp3) is 0.200. The van der Waals surface area contributed by atoms with E-state index in [-0.39, 0.29) is 0 Å². The van der Waals surface area contributed by atoms with Crippen molar-refractivity contribution in [2.45, 2.75) is 12.5 Å². The van der Waals surface area contributed by atoms with Crippen molar-refractivity contribution in [2.24, 2.45) is 4.99 Å². The van der Waals surface area contributed by atoms with E-state index in [4.69, 9.17) is 11.6 Å². The number of benzene rings is 1. The van der Waals surface area contributed by atoms with Crippen molar-refractivity contribution in [1.82, 2.24) is 14.9 Å². The number of hydrogen-bond acceptors (Lipinski definition) is 4. The fourth-order valence-corrected chi connectivity index (χ4v) is 3.79. The van der Waals surface area contributed by atoms with Crippen molar-refractivity contribution in [3.8, 4) is 0 Å². The number of aromatic amines is 1. The number of halogens is 1. The topological polar surface area (TPSA) is 44.3 Å². The maximum atomic E-state index is 5.98. The minimum Gasteiger partial charge on any atom is -0.348 e. The van der Waals surface area contributed by atoms with Gasteiger partial charge in [-0.15, -0.1) is 0 Å². The highest BCUT2D eigenvalue weighted by molar-refractivity contribution is 8.16. The van der Waals surface area contributed by atoms with E-state index >= 15 is 0 Å². The standard InChI is InChI=1S/C15H13ClN4S/c16-11-3-1-10(2-4-11)14-8-21-15-18-7-13(20(14)15)5-12-6-17-9-19-12/h1-4,6,8-9,13H,5,7H2,(H,17,19)/t13-/m1/s1. The van der Waals surface area contributed by atoms with Gasteiger partial charge in [-0.3, -0.25) is 4.99 Å². The number of nitrogens with one attached hydrogen (secondary N) is 1. The number of aromatic nitrogens is 2. The van der Waals surface area contributed by atoms with Crippen LogP contribution >= 0.6 is 23.4 Å². The van der Waals surface area contributed by atoms with E-state index < -0.39 is 0 Å². The average Bonchev–Trinajstić information content (AvgIpc) is 3.19. The Balaban J connectivity index is 1.61. The highest BCUT2D eigenvalue weighted by Gasteiger charge is 2.35. The first-order chi connectivity index (χ1) is 10.3. The van der Waals surface area contributed by atoms with Gasteiger partial charge in [-0.2, -0.15) is 0 Å². The molecule has 106 valence electrons. The first kappa shape index (κ1) is 13.0. The second kappa shape index (κ2) is 5.24. The molecule has 1 atom stereocenters. The minimum absolute atomic E-state index is 0.345. The van der Waals surface area contributed by atoms with Crippen molar-refractivity contribution < 1.29 is 0 Å². The smallest absolute Gasteiger partial charge is 0.168 e. The molecule has 3 heterocycles. The summed E-state index contributed by atoms with van der Waals surface area (Å²) < 4.78 is 0. The van der Waals surface area contributed by atoms with Gasteiger partial charge in [-0.25, -0.2) is 4.98 Å². The number of amidine groups is 1. The maximum Gasteiger partial charge on any atom is 0.168 e. The molecule has 0 radical (unpaired) electrons. The number of nitrogens with zero attached hydrogens (tertiary/aromatic N) is 3. The zero-order valence-corrected chi connectivity index (χ0v) is 12.7. The van der Waals surface area contributed by atoms with Gasteiger partial charge in [0.2, 0.25) is 0 Å². The molecular formula is C15H13ClN4S. The van der Waals surface area contributed by atoms with Gasteiger partial charge in [0, 0.05) is 28.7 Å². The molecule has 2 aromatic rings. The minimum atomic E-state index is 0.345. The van der Waals surface area contributed by atoms with Crippen LogP contribution in [0, 0.1) is 0 Å². The molecule has 2 aliphatic rings. The lowest BCUT2D eigenvalue weighted by Gasteiger charge is -2.25. The Morgan fingerprint density at radius 3 is 2.95 bits per heavy atom. The highest BCUT2D eigenvalue weighted by atomic mass is 35.5. The lowest BCUT2D eigenvalue weighted by Crippen LogP contribution is -2.33. The van der Waals surface area contributed by atoms with Crippen molar-refractivity contribution in [2.75, 3.05) is 6.54 Å². The zero-order valence-electron chi connectivity index (χ0n) is 11.2. The van der Waals surface area contributed by atoms with E-state index in [1.807, 2.05) is 18.3 Å². The molecule has 0 bridgehead atoms. The summed E-state index contributed by atoms with van der Waals surface area (Å²) >= 11 is 7.67. The van der Waals surface area contributed by atoms with Crippen LogP contribution in [0.25, 0.3) is 5.70 Å². The molecule has 0 unspecified atom stereocenters. The number of hydrogen-bond donors (Lipinski definition) is 1. The fourth-order valence-electron chi connectivity index (χ4n) is 2.69. The summed E-state index contributed by atoms with van der Waals surface area (Å²) in [7, 11) is 0. The molecule has 0 spiro atoms. The predicted molar refractivity (Wildman–Crippen MR) is 87.2 cm³/mol. The first-order valence-corrected chi connectivity index (χ1v) is 8.01. The molecular weight excluding hydrogens is 304 g/mol. The van der Waals surface area contributed by atoms with Gasteiger partial charge in [-0.1, -0.05) is 35.5 Å². The Kier molecular flexibility index (Phi) is 3.24. The van der Waals surface area contributed by atoms with E-state index in [1.165, 1.54) is 11.3 Å². The van der Waals surface area contributed by atoms with Gasteiger partial charge in [0.05, 0.1) is 24.6 Å². The van der Waals surface area contributed by atoms with Gasteiger partial charge >= 0.3 is 0 Å². The van der Waals surface area contributed by atoms with Crippen molar-refractivity contribution in [1.29, 1.82) is 0 Å². The number of imidazole rings is 1. The molecule has 2 aliphatic heterocycles. The van der Waals surface area contributed by atoms with Crippen LogP contribution in [0.15, 0.2) is 47.2 Å². The summed E-state index contributed by atoms with van der Waals surface area (Å²) in [4.78, 5) is 14.2. The lowest BCUT2D eigenvalue weighted by molar-refractivity contribution is 0.459. The quantitative estimate of drug-likeness (QED) is 0.944. The van der Waals surface area contributed by atoms with Gasteiger partial charge in [0.25, 0.3) is 0 Å². The second-order valence-corrected chi connectivity index (χ2v) is 6.33. The molecule has 0 amide bonds. The van der Waals surface area contributed by atoms with Gasteiger partial charge < -0.3 is 9.88 Å². The summed E-state index contributed by atoms with van der Waals surface area (Å²) in [5.41, 5.74) is 3.52. The maximum absolute atomic E-state index is 5.98. The summed E-state index contributed by atoms with van der Waals surface area (Å²) in [6, 6.07) is 8.32. The Bertz CT molecular complexity index is 706. The van der Waals surface area contributed by atoms with E-state index in [0.29, 0.717) is 6.04 Å². The molecule has 6 heteroatoms. The Labute approximate surface area is 131 Å². The summed E-state index contributed by atoms with van der Waals surface area (Å²) in [6.07, 6.45) is 4.52. The molecule has 21 heavy (non-hydrogen) atoms. The normalized spacial score (nSPS) is 20.4. The molecule has 1 aromatic carbocycles. The first-order valence-electron chi connectivity index (χ1n) is 6.75. The van der Waals surface area contributed by atoms with Crippen LogP contribution < -0.4 is 0 Å². The van der Waals surface area contributed by atoms with E-state index in [0.717, 1.165) is 28.8 Å². The number of fused-ring (bicyclic) bond motifs is 1. The molecule has 0 saturated heterocycles. The van der Waals surface area contributed by atoms with E-state index in [2.05, 4.69) is 37.4 Å². The van der Waals surface area contributed by atoms with Crippen LogP contribution in [0.5, 0.6) is 0 Å². The second-order valence-electron chi connectivity index (χ2n) is 5.06. The molecule has 0 fully saturated rings. The SMILES string of the molecule is Clc1ccc(C2=CSC3=NC[C@@H](Cc4cnc[nH]4)N23)cc1. The highest BCUT2D eigenvalue weighted by Crippen LogP contribution is 2.38. The predicted octanol–water partition coefficient (Wildman–Crippen LogP) is 3.39. The van der Waals surface area contributed by atoms with Gasteiger partial charge in [0.1, 0.15) is 0 Å². The molecule has 4 nitrogen and oxygen atoms in total. The molecule has 0 aliphatic carbocycles. The monoisotopic (exact) mass is 316 g/mol. The molecule has 4 rings (SSSR count). The van der Waals surface area contributed by atoms with Crippen molar-refractivity contribution >= 4 is 34.2 Å². The number of H-pyrrole nitrogens is 1. The van der Waals surface area contributed by atoms with E-state index in [9.17, 15) is 0 Å². The van der Waals surface area contributed by atoms with Crippen LogP contribution in [-0.4, -0.2) is 32.6 Å². The van der Waals surface area contributed by atoms with Crippen LogP contribution in [0.1, 0.15) is 11.3 Å². The van der Waals surface area contributed by atoms with Gasteiger partial charge in [-0.05, 0) is 17.7 Å².